The summed E-state index contributed by atoms with van der Waals surface area (Å²) in [6, 6.07) is 71.6. The predicted molar refractivity (Wildman–Crippen MR) is 241 cm³/mol. The molecule has 11 aromatic rings. The molecule has 0 N–H and O–H groups in total. The lowest BCUT2D eigenvalue weighted by atomic mass is 9.69. The molecular formula is C57H32O2. The fourth-order valence-electron chi connectivity index (χ4n) is 11.1. The molecular weight excluding hydrogens is 717 g/mol. The maximum Gasteiger partial charge on any atom is 0.135 e. The van der Waals surface area contributed by atoms with Crippen molar-refractivity contribution < 1.29 is 9.15 Å². The molecule has 0 saturated heterocycles. The molecule has 3 aliphatic rings. The van der Waals surface area contributed by atoms with Crippen LogP contribution in [0, 0.1) is 0 Å². The van der Waals surface area contributed by atoms with E-state index in [1.54, 1.807) is 0 Å². The van der Waals surface area contributed by atoms with Crippen molar-refractivity contribution in [3.63, 3.8) is 0 Å². The normalized spacial score (nSPS) is 13.7. The zero-order valence-corrected chi connectivity index (χ0v) is 31.8. The quantitative estimate of drug-likeness (QED) is 0.176. The van der Waals surface area contributed by atoms with E-state index in [2.05, 4.69) is 182 Å². The van der Waals surface area contributed by atoms with Gasteiger partial charge in [0.15, 0.2) is 0 Å². The topological polar surface area (TPSA) is 22.4 Å². The van der Waals surface area contributed by atoms with E-state index in [1.165, 1.54) is 82.9 Å². The average Bonchev–Trinajstić information content (AvgIpc) is 3.92. The van der Waals surface area contributed by atoms with E-state index in [9.17, 15) is 0 Å². The summed E-state index contributed by atoms with van der Waals surface area (Å²) >= 11 is 0. The summed E-state index contributed by atoms with van der Waals surface area (Å²) < 4.78 is 13.0. The van der Waals surface area contributed by atoms with Gasteiger partial charge in [-0.25, -0.2) is 0 Å². The summed E-state index contributed by atoms with van der Waals surface area (Å²) in [5.41, 5.74) is 18.8. The Morgan fingerprint density at radius 3 is 1.85 bits per heavy atom. The maximum absolute atomic E-state index is 6.60. The highest BCUT2D eigenvalue weighted by atomic mass is 16.5. The van der Waals surface area contributed by atoms with E-state index in [0.717, 1.165) is 50.0 Å². The van der Waals surface area contributed by atoms with Gasteiger partial charge in [-0.1, -0.05) is 140 Å². The van der Waals surface area contributed by atoms with Gasteiger partial charge in [-0.3, -0.25) is 0 Å². The lowest BCUT2D eigenvalue weighted by molar-refractivity contribution is 0.487. The Kier molecular flexibility index (Phi) is 5.99. The summed E-state index contributed by atoms with van der Waals surface area (Å²) in [4.78, 5) is 0. The van der Waals surface area contributed by atoms with E-state index < -0.39 is 5.41 Å². The Balaban J connectivity index is 1.15. The summed E-state index contributed by atoms with van der Waals surface area (Å²) in [6.07, 6.45) is 0. The second-order valence-corrected chi connectivity index (χ2v) is 16.3. The maximum atomic E-state index is 6.60. The number of rotatable bonds is 2. The first kappa shape index (κ1) is 31.4. The van der Waals surface area contributed by atoms with Gasteiger partial charge in [0.25, 0.3) is 0 Å². The third-order valence-electron chi connectivity index (χ3n) is 13.5. The highest BCUT2D eigenvalue weighted by Gasteiger charge is 2.52. The van der Waals surface area contributed by atoms with Gasteiger partial charge >= 0.3 is 0 Å². The van der Waals surface area contributed by atoms with Crippen LogP contribution in [0.3, 0.4) is 0 Å². The van der Waals surface area contributed by atoms with Gasteiger partial charge in [-0.2, -0.15) is 0 Å². The SMILES string of the molecule is c1ccc2c(c1)Oc1ccc(-c3cc(-c4ccc5oc6ccccc6c5c4)c4c(c3)C3(c5ccccc5-c5ccccc53)c3cc5ccccc5cc3-4)c3cccc-2c13. The fraction of sp³-hybridized carbons (Fsp3) is 0.0175. The van der Waals surface area contributed by atoms with Gasteiger partial charge in [0.1, 0.15) is 22.7 Å². The number of furan rings is 1. The number of para-hydroxylation sites is 2. The Hall–Kier alpha value is -7.68. The first-order chi connectivity index (χ1) is 29.2. The molecule has 0 saturated carbocycles. The van der Waals surface area contributed by atoms with Gasteiger partial charge in [0.05, 0.1) is 5.41 Å². The van der Waals surface area contributed by atoms with Crippen molar-refractivity contribution in [2.24, 2.45) is 0 Å². The molecule has 14 rings (SSSR count). The summed E-state index contributed by atoms with van der Waals surface area (Å²) in [5.74, 6) is 1.79. The minimum Gasteiger partial charge on any atom is -0.456 e. The van der Waals surface area contributed by atoms with Crippen LogP contribution in [-0.4, -0.2) is 0 Å². The largest absolute Gasteiger partial charge is 0.456 e. The fourth-order valence-corrected chi connectivity index (χ4v) is 11.1. The predicted octanol–water partition coefficient (Wildman–Crippen LogP) is 15.3. The first-order valence-electron chi connectivity index (χ1n) is 20.4. The Labute approximate surface area is 340 Å². The molecule has 2 heteroatoms. The number of fused-ring (bicyclic) bond motifs is 16. The zero-order valence-electron chi connectivity index (χ0n) is 31.8. The minimum atomic E-state index is -0.534. The van der Waals surface area contributed by atoms with Crippen LogP contribution in [0.5, 0.6) is 11.5 Å². The third-order valence-corrected chi connectivity index (χ3v) is 13.5. The van der Waals surface area contributed by atoms with Gasteiger partial charge < -0.3 is 9.15 Å². The smallest absolute Gasteiger partial charge is 0.135 e. The molecule has 1 aliphatic heterocycles. The van der Waals surface area contributed by atoms with Crippen LogP contribution >= 0.6 is 0 Å². The van der Waals surface area contributed by atoms with E-state index in [0.29, 0.717) is 0 Å². The average molecular weight is 749 g/mol. The molecule has 1 aromatic heterocycles. The first-order valence-corrected chi connectivity index (χ1v) is 20.4. The van der Waals surface area contributed by atoms with Crippen LogP contribution in [0.1, 0.15) is 22.3 Å². The number of benzene rings is 10. The van der Waals surface area contributed by atoms with Crippen molar-refractivity contribution in [2.45, 2.75) is 5.41 Å². The lowest BCUT2D eigenvalue weighted by Gasteiger charge is -2.31. The van der Waals surface area contributed by atoms with Gasteiger partial charge in [0.2, 0.25) is 0 Å². The highest BCUT2D eigenvalue weighted by Crippen LogP contribution is 2.65. The van der Waals surface area contributed by atoms with Crippen LogP contribution in [0.25, 0.3) is 99.1 Å². The molecule has 0 unspecified atom stereocenters. The molecule has 1 spiro atoms. The van der Waals surface area contributed by atoms with E-state index in [4.69, 9.17) is 9.15 Å². The summed E-state index contributed by atoms with van der Waals surface area (Å²) in [5, 5.41) is 7.07. The number of hydrogen-bond donors (Lipinski definition) is 0. The van der Waals surface area contributed by atoms with Crippen molar-refractivity contribution in [1.29, 1.82) is 0 Å². The highest BCUT2D eigenvalue weighted by molar-refractivity contribution is 6.13. The van der Waals surface area contributed by atoms with Crippen LogP contribution in [0.15, 0.2) is 199 Å². The summed E-state index contributed by atoms with van der Waals surface area (Å²) in [6.45, 7) is 0. The standard InChI is InChI=1S/C57H32O2/c1-2-13-34-31-49-46(28-33(34)12-1)55-44(35-24-26-53-45(29-35)41-17-6-10-23-52(41)58-53)30-36(32-50(55)57(49)47-20-7-3-14-38(47)39-15-4-8-21-48(39)57)37-25-27-54-56-42(37)18-11-19-43(56)40-16-5-9-22-51(40)59-54/h1-32H. The van der Waals surface area contributed by atoms with Gasteiger partial charge in [0, 0.05) is 21.7 Å². The van der Waals surface area contributed by atoms with Crippen molar-refractivity contribution in [3.8, 4) is 67.1 Å². The van der Waals surface area contributed by atoms with Crippen LogP contribution < -0.4 is 4.74 Å². The monoisotopic (exact) mass is 748 g/mol. The van der Waals surface area contributed by atoms with Crippen molar-refractivity contribution >= 4 is 43.5 Å². The van der Waals surface area contributed by atoms with Crippen molar-refractivity contribution in [3.05, 3.63) is 216 Å². The van der Waals surface area contributed by atoms with Gasteiger partial charge in [-0.15, -0.1) is 0 Å². The Bertz CT molecular complexity index is 3610. The molecule has 0 amide bonds. The van der Waals surface area contributed by atoms with E-state index in [1.807, 2.05) is 12.1 Å². The molecule has 0 bridgehead atoms. The molecule has 0 radical (unpaired) electrons. The van der Waals surface area contributed by atoms with Gasteiger partial charge in [-0.05, 0) is 143 Å². The molecule has 59 heavy (non-hydrogen) atoms. The Morgan fingerprint density at radius 2 is 1.00 bits per heavy atom. The molecule has 272 valence electrons. The lowest BCUT2D eigenvalue weighted by Crippen LogP contribution is -2.26. The number of hydrogen-bond acceptors (Lipinski definition) is 2. The molecule has 2 heterocycles. The van der Waals surface area contributed by atoms with E-state index >= 15 is 0 Å². The molecule has 0 atom stereocenters. The minimum absolute atomic E-state index is 0.534. The molecule has 0 fully saturated rings. The van der Waals surface area contributed by atoms with E-state index in [-0.39, 0.29) is 0 Å². The molecule has 10 aromatic carbocycles. The van der Waals surface area contributed by atoms with Crippen LogP contribution in [-0.2, 0) is 5.41 Å². The Morgan fingerprint density at radius 1 is 0.322 bits per heavy atom. The van der Waals surface area contributed by atoms with Crippen LogP contribution in [0.4, 0.5) is 0 Å². The van der Waals surface area contributed by atoms with Crippen molar-refractivity contribution in [2.75, 3.05) is 0 Å². The third kappa shape index (κ3) is 4.00. The summed E-state index contributed by atoms with van der Waals surface area (Å²) in [7, 11) is 0. The zero-order chi connectivity index (χ0) is 38.4. The van der Waals surface area contributed by atoms with Crippen LogP contribution in [0.2, 0.25) is 0 Å². The second-order valence-electron chi connectivity index (χ2n) is 16.3. The van der Waals surface area contributed by atoms with Crippen molar-refractivity contribution in [1.82, 2.24) is 0 Å². The number of ether oxygens (including phenoxy) is 1. The molecule has 2 aliphatic carbocycles. The molecule has 2 nitrogen and oxygen atoms in total. The second kappa shape index (κ2) is 11.2.